The van der Waals surface area contributed by atoms with Gasteiger partial charge in [0.15, 0.2) is 0 Å². The molecule has 0 nitrogen and oxygen atoms in total. The van der Waals surface area contributed by atoms with Crippen LogP contribution in [0.25, 0.3) is 21.5 Å². The second kappa shape index (κ2) is 18.9. The van der Waals surface area contributed by atoms with Crippen molar-refractivity contribution < 1.29 is 21.7 Å². The Hall–Kier alpha value is -2.19. The first-order chi connectivity index (χ1) is 22.7. The minimum atomic E-state index is -2.43. The molecule has 5 aromatic rings. The van der Waals surface area contributed by atoms with Crippen LogP contribution in [-0.4, -0.2) is 8.07 Å². The molecule has 262 valence electrons. The van der Waals surface area contributed by atoms with Crippen molar-refractivity contribution >= 4 is 45.2 Å². The van der Waals surface area contributed by atoms with Crippen LogP contribution in [-0.2, 0) is 21.7 Å². The average Bonchev–Trinajstić information content (AvgIpc) is 3.59. The van der Waals surface area contributed by atoms with E-state index < -0.39 is 8.07 Å². The van der Waals surface area contributed by atoms with Gasteiger partial charge < -0.3 is 13.8 Å². The average molecular weight is 707 g/mol. The van der Waals surface area contributed by atoms with Gasteiger partial charge in [-0.1, -0.05) is 172 Å². The van der Waals surface area contributed by atoms with Crippen molar-refractivity contribution in [3.05, 3.63) is 114 Å². The molecule has 0 aliphatic carbocycles. The van der Waals surface area contributed by atoms with Gasteiger partial charge in [0, 0.05) is 8.07 Å². The van der Waals surface area contributed by atoms with Crippen LogP contribution in [0.2, 0.25) is 6.55 Å². The van der Waals surface area contributed by atoms with Crippen molar-refractivity contribution in [2.45, 2.75) is 139 Å². The van der Waals surface area contributed by atoms with Gasteiger partial charge in [0.1, 0.15) is 0 Å². The molecule has 0 fully saturated rings. The molecule has 0 amide bonds. The Bertz CT molecular complexity index is 1630. The van der Waals surface area contributed by atoms with Crippen molar-refractivity contribution in [3.8, 4) is 0 Å². The van der Waals surface area contributed by atoms with Crippen LogP contribution in [0.15, 0.2) is 66.7 Å². The van der Waals surface area contributed by atoms with E-state index in [0.717, 1.165) is 12.8 Å². The summed E-state index contributed by atoms with van der Waals surface area (Å²) >= 11 is 0. The molecular weight excluding hydrogens is 640 g/mol. The van der Waals surface area contributed by atoms with Crippen molar-refractivity contribution in [2.75, 3.05) is 0 Å². The Morgan fingerprint density at radius 3 is 1.22 bits per heavy atom. The maximum atomic E-state index is 3.60. The molecule has 49 heavy (non-hydrogen) atoms. The van der Waals surface area contributed by atoms with Gasteiger partial charge in [0.25, 0.3) is 0 Å². The number of aryl methyl sites for hydroxylation is 2. The van der Waals surface area contributed by atoms with E-state index in [9.17, 15) is 0 Å². The Labute approximate surface area is 318 Å². The normalized spacial score (nSPS) is 11.7. The Balaban J connectivity index is 0.000000837. The van der Waals surface area contributed by atoms with E-state index in [1.807, 2.05) is 0 Å². The topological polar surface area (TPSA) is 0 Å². The monoisotopic (exact) mass is 706 g/mol. The smallest absolute Gasteiger partial charge is 0.343 e. The Kier molecular flexibility index (Phi) is 16.6. The van der Waals surface area contributed by atoms with E-state index in [2.05, 4.69) is 170 Å². The molecule has 0 unspecified atom stereocenters. The van der Waals surface area contributed by atoms with E-state index in [-0.39, 0.29) is 21.7 Å². The summed E-state index contributed by atoms with van der Waals surface area (Å²) in [6, 6.07) is 26.5. The molecule has 2 heteroatoms. The number of hydrogen-bond donors (Lipinski definition) is 0. The van der Waals surface area contributed by atoms with E-state index in [0.29, 0.717) is 23.7 Å². The molecule has 0 bridgehead atoms. The van der Waals surface area contributed by atoms with Crippen LogP contribution in [0.3, 0.4) is 0 Å². The predicted octanol–water partition coefficient (Wildman–Crippen LogP) is 12.9. The van der Waals surface area contributed by atoms with Crippen LogP contribution < -0.4 is 15.6 Å². The predicted molar refractivity (Wildman–Crippen MR) is 222 cm³/mol. The van der Waals surface area contributed by atoms with Crippen molar-refractivity contribution in [3.63, 3.8) is 0 Å². The third-order valence-electron chi connectivity index (χ3n) is 10.1. The summed E-state index contributed by atoms with van der Waals surface area (Å²) in [6.07, 6.45) is 4.56. The summed E-state index contributed by atoms with van der Waals surface area (Å²) in [5, 5.41) is 10.6. The fourth-order valence-electron chi connectivity index (χ4n) is 7.28. The quantitative estimate of drug-likeness (QED) is 0.106. The zero-order valence-corrected chi connectivity index (χ0v) is 36.0. The van der Waals surface area contributed by atoms with E-state index >= 15 is 0 Å². The molecular formula is C47H66SiTi. The number of fused-ring (bicyclic) bond motifs is 2. The van der Waals surface area contributed by atoms with Gasteiger partial charge in [-0.25, -0.2) is 0 Å². The SMILES string of the molecule is Cc1[cH-]c2cc(C(C)C)cc(C(C)C)c2c1[Si](C)(c1ccccc1)c1c(C)[cH-]c2cc(C(C)C)cc(C(C)C)c12.[CH2-]CCC.[CH2-]CCC.[Ti+4]. The second-order valence-electron chi connectivity index (χ2n) is 15.4. The van der Waals surface area contributed by atoms with Gasteiger partial charge in [-0.05, 0) is 23.7 Å². The third kappa shape index (κ3) is 9.19. The van der Waals surface area contributed by atoms with Gasteiger partial charge in [-0.15, -0.1) is 56.9 Å². The Morgan fingerprint density at radius 1 is 0.592 bits per heavy atom. The van der Waals surface area contributed by atoms with Gasteiger partial charge in [-0.2, -0.15) is 23.2 Å². The summed E-state index contributed by atoms with van der Waals surface area (Å²) in [5.41, 5.74) is 8.84. The van der Waals surface area contributed by atoms with E-state index in [1.165, 1.54) is 73.0 Å². The first-order valence-electron chi connectivity index (χ1n) is 18.8. The first-order valence-corrected chi connectivity index (χ1v) is 21.3. The molecule has 0 saturated heterocycles. The summed E-state index contributed by atoms with van der Waals surface area (Å²) in [5.74, 6) is 1.97. The van der Waals surface area contributed by atoms with Gasteiger partial charge in [0.2, 0.25) is 0 Å². The van der Waals surface area contributed by atoms with Crippen LogP contribution in [0.4, 0.5) is 0 Å². The molecule has 0 spiro atoms. The summed E-state index contributed by atoms with van der Waals surface area (Å²) in [7, 11) is -2.43. The second-order valence-corrected chi connectivity index (χ2v) is 19.2. The Morgan fingerprint density at radius 2 is 0.939 bits per heavy atom. The molecule has 0 radical (unpaired) electrons. The largest absolute Gasteiger partial charge is 4.00 e. The molecule has 0 aromatic heterocycles. The number of unbranched alkanes of at least 4 members (excludes halogenated alkanes) is 2. The number of rotatable bonds is 9. The standard InChI is InChI=1S/C39H48Si.2C4H9.Ti/c1-23(2)29-19-31-17-27(9)38(36(31)34(21-29)25(5)6)40(11,33-15-13-12-14-16-33)39-28(10)18-32-20-30(24(3)4)22-35(26(7)8)37(32)39;2*1-3-4-2;/h12-26H,1-11H3;2*1,3-4H2,2H3;/q-2;2*-1;+4. The van der Waals surface area contributed by atoms with Crippen LogP contribution in [0.5, 0.6) is 0 Å². The summed E-state index contributed by atoms with van der Waals surface area (Å²) < 4.78 is 0. The molecule has 0 aliphatic rings. The number of benzene rings is 3. The first kappa shape index (κ1) is 43.0. The summed E-state index contributed by atoms with van der Waals surface area (Å²) in [4.78, 5) is 0. The van der Waals surface area contributed by atoms with E-state index in [1.54, 1.807) is 10.4 Å². The van der Waals surface area contributed by atoms with Crippen LogP contribution in [0, 0.1) is 27.7 Å². The maximum Gasteiger partial charge on any atom is 4.00 e. The minimum absolute atomic E-state index is 0. The molecule has 0 atom stereocenters. The van der Waals surface area contributed by atoms with Crippen molar-refractivity contribution in [2.24, 2.45) is 0 Å². The van der Waals surface area contributed by atoms with Crippen molar-refractivity contribution in [1.82, 2.24) is 0 Å². The fourth-order valence-corrected chi connectivity index (χ4v) is 12.3. The number of hydrogen-bond acceptors (Lipinski definition) is 0. The fraction of sp³-hybridized carbons (Fsp3) is 0.447. The third-order valence-corrected chi connectivity index (χ3v) is 14.9. The molecule has 0 heterocycles. The maximum absolute atomic E-state index is 3.60. The zero-order chi connectivity index (χ0) is 35.9. The summed E-state index contributed by atoms with van der Waals surface area (Å²) in [6.45, 7) is 37.6. The molecule has 0 N–H and O–H groups in total. The molecule has 0 aliphatic heterocycles. The van der Waals surface area contributed by atoms with Gasteiger partial charge in [0.05, 0.1) is 0 Å². The molecule has 0 saturated carbocycles. The minimum Gasteiger partial charge on any atom is -0.343 e. The van der Waals surface area contributed by atoms with Crippen LogP contribution >= 0.6 is 0 Å². The van der Waals surface area contributed by atoms with Gasteiger partial charge in [-0.3, -0.25) is 0 Å². The molecule has 5 rings (SSSR count). The van der Waals surface area contributed by atoms with Gasteiger partial charge >= 0.3 is 21.7 Å². The van der Waals surface area contributed by atoms with Crippen molar-refractivity contribution in [1.29, 1.82) is 0 Å². The van der Waals surface area contributed by atoms with Crippen LogP contribution in [0.1, 0.15) is 152 Å². The van der Waals surface area contributed by atoms with E-state index in [4.69, 9.17) is 0 Å². The zero-order valence-electron chi connectivity index (χ0n) is 33.4. The molecule has 5 aromatic carbocycles.